The maximum Gasteiger partial charge on any atom is 0.282 e. The number of carbonyl (C=O) groups excluding carboxylic acids is 1. The summed E-state index contributed by atoms with van der Waals surface area (Å²) in [5.41, 5.74) is 1.76. The second-order valence-corrected chi connectivity index (χ2v) is 10.2. The molecule has 0 aliphatic carbocycles. The largest absolute Gasteiger partial charge is 0.334 e. The van der Waals surface area contributed by atoms with Gasteiger partial charge >= 0.3 is 0 Å². The molecule has 154 valence electrons. The van der Waals surface area contributed by atoms with Crippen molar-refractivity contribution in [2.24, 2.45) is 0 Å². The number of carbonyl (C=O) groups is 1. The van der Waals surface area contributed by atoms with Crippen molar-refractivity contribution in [3.8, 4) is 0 Å². The van der Waals surface area contributed by atoms with Crippen molar-refractivity contribution < 1.29 is 13.2 Å². The van der Waals surface area contributed by atoms with Crippen LogP contribution in [0.3, 0.4) is 0 Å². The first-order valence-electron chi connectivity index (χ1n) is 9.35. The molecule has 2 aliphatic rings. The molecule has 1 fully saturated rings. The topological polar surface area (TPSA) is 82.6 Å². The van der Waals surface area contributed by atoms with Crippen molar-refractivity contribution in [3.05, 3.63) is 55.8 Å². The Balaban J connectivity index is 1.37. The van der Waals surface area contributed by atoms with Crippen LogP contribution in [0.25, 0.3) is 6.08 Å². The monoisotopic (exact) mass is 452 g/mol. The molecule has 29 heavy (non-hydrogen) atoms. The summed E-state index contributed by atoms with van der Waals surface area (Å²) in [6, 6.07) is 6.94. The fourth-order valence-corrected chi connectivity index (χ4v) is 5.67. The molecule has 7 nitrogen and oxygen atoms in total. The minimum atomic E-state index is -3.55. The number of amides is 1. The van der Waals surface area contributed by atoms with Crippen LogP contribution in [0.1, 0.15) is 25.9 Å². The average molecular weight is 453 g/mol. The maximum atomic E-state index is 12.8. The second kappa shape index (κ2) is 8.53. The Labute approximate surface area is 179 Å². The number of fused-ring (bicyclic) bond motifs is 1. The summed E-state index contributed by atoms with van der Waals surface area (Å²) in [4.78, 5) is 20.1. The molecule has 0 unspecified atom stereocenters. The number of hydrogen-bond acceptors (Lipinski definition) is 6. The molecule has 1 aromatic heterocycles. The third kappa shape index (κ3) is 4.70. The number of hydrogen-bond donors (Lipinski definition) is 1. The van der Waals surface area contributed by atoms with E-state index in [4.69, 9.17) is 11.6 Å². The molecular formula is C19H21ClN4O3S2. The Morgan fingerprint density at radius 1 is 1.17 bits per heavy atom. The van der Waals surface area contributed by atoms with E-state index in [1.54, 1.807) is 35.2 Å². The first-order chi connectivity index (χ1) is 13.9. The molecule has 4 rings (SSSR count). The van der Waals surface area contributed by atoms with Gasteiger partial charge in [-0.3, -0.25) is 4.79 Å². The molecule has 2 aliphatic heterocycles. The van der Waals surface area contributed by atoms with Gasteiger partial charge in [-0.25, -0.2) is 13.4 Å². The SMILES string of the molecule is O=C(c1nc2c(s1)CNCC2)N1CCN(S(=O)(=O)/C=C/c2ccc(Cl)cc2)CC1. The number of piperazine rings is 1. The van der Waals surface area contributed by atoms with E-state index in [9.17, 15) is 13.2 Å². The van der Waals surface area contributed by atoms with E-state index in [0.29, 0.717) is 23.1 Å². The molecule has 1 amide bonds. The van der Waals surface area contributed by atoms with Crippen LogP contribution in [-0.4, -0.2) is 61.2 Å². The molecule has 0 saturated carbocycles. The van der Waals surface area contributed by atoms with Gasteiger partial charge in [-0.2, -0.15) is 4.31 Å². The number of benzene rings is 1. The Morgan fingerprint density at radius 2 is 1.90 bits per heavy atom. The van der Waals surface area contributed by atoms with Crippen molar-refractivity contribution in [1.29, 1.82) is 0 Å². The Kier molecular flexibility index (Phi) is 6.03. The fourth-order valence-electron chi connectivity index (χ4n) is 3.32. The summed E-state index contributed by atoms with van der Waals surface area (Å²) in [7, 11) is -3.55. The van der Waals surface area contributed by atoms with E-state index in [2.05, 4.69) is 10.3 Å². The number of thiazole rings is 1. The highest BCUT2D eigenvalue weighted by Gasteiger charge is 2.29. The summed E-state index contributed by atoms with van der Waals surface area (Å²) in [6.07, 6.45) is 2.39. The van der Waals surface area contributed by atoms with Gasteiger partial charge in [0.25, 0.3) is 5.91 Å². The summed E-state index contributed by atoms with van der Waals surface area (Å²) >= 11 is 7.28. The van der Waals surface area contributed by atoms with Gasteiger partial charge in [0.05, 0.1) is 5.69 Å². The van der Waals surface area contributed by atoms with Crippen LogP contribution < -0.4 is 5.32 Å². The minimum absolute atomic E-state index is 0.113. The summed E-state index contributed by atoms with van der Waals surface area (Å²) in [5.74, 6) is -0.113. The molecule has 0 atom stereocenters. The lowest BCUT2D eigenvalue weighted by molar-refractivity contribution is 0.0698. The predicted octanol–water partition coefficient (Wildman–Crippen LogP) is 2.20. The number of rotatable bonds is 4. The van der Waals surface area contributed by atoms with Gasteiger partial charge < -0.3 is 10.2 Å². The number of nitrogens with zero attached hydrogens (tertiary/aromatic N) is 3. The smallest absolute Gasteiger partial charge is 0.282 e. The normalized spacial score (nSPS) is 18.2. The third-order valence-corrected chi connectivity index (χ3v) is 7.88. The lowest BCUT2D eigenvalue weighted by atomic mass is 10.2. The van der Waals surface area contributed by atoms with Gasteiger partial charge in [-0.1, -0.05) is 23.7 Å². The van der Waals surface area contributed by atoms with E-state index in [0.717, 1.165) is 35.6 Å². The molecule has 1 saturated heterocycles. The van der Waals surface area contributed by atoms with Crippen molar-refractivity contribution >= 4 is 44.9 Å². The molecule has 0 bridgehead atoms. The molecule has 1 N–H and O–H groups in total. The van der Waals surface area contributed by atoms with Crippen LogP contribution in [0.2, 0.25) is 5.02 Å². The maximum absolute atomic E-state index is 12.8. The molecular weight excluding hydrogens is 432 g/mol. The first kappa shape index (κ1) is 20.5. The van der Waals surface area contributed by atoms with Gasteiger partial charge in [0.2, 0.25) is 10.0 Å². The Morgan fingerprint density at radius 3 is 2.59 bits per heavy atom. The van der Waals surface area contributed by atoms with Gasteiger partial charge in [0, 0.05) is 61.0 Å². The highest BCUT2D eigenvalue weighted by atomic mass is 35.5. The van der Waals surface area contributed by atoms with Crippen LogP contribution in [0, 0.1) is 0 Å². The highest BCUT2D eigenvalue weighted by Crippen LogP contribution is 2.23. The fraction of sp³-hybridized carbons (Fsp3) is 0.368. The molecule has 0 spiro atoms. The highest BCUT2D eigenvalue weighted by molar-refractivity contribution is 7.92. The van der Waals surface area contributed by atoms with Gasteiger partial charge in [-0.05, 0) is 23.8 Å². The van der Waals surface area contributed by atoms with E-state index in [-0.39, 0.29) is 19.0 Å². The second-order valence-electron chi connectivity index (χ2n) is 6.91. The predicted molar refractivity (Wildman–Crippen MR) is 114 cm³/mol. The quantitative estimate of drug-likeness (QED) is 0.769. The van der Waals surface area contributed by atoms with E-state index >= 15 is 0 Å². The minimum Gasteiger partial charge on any atom is -0.334 e. The number of halogens is 1. The van der Waals surface area contributed by atoms with Crippen molar-refractivity contribution in [3.63, 3.8) is 0 Å². The first-order valence-corrected chi connectivity index (χ1v) is 12.0. The number of sulfonamides is 1. The van der Waals surface area contributed by atoms with Gasteiger partial charge in [0.15, 0.2) is 5.01 Å². The zero-order valence-electron chi connectivity index (χ0n) is 15.7. The number of aromatic nitrogens is 1. The summed E-state index contributed by atoms with van der Waals surface area (Å²) in [5, 5.41) is 5.58. The van der Waals surface area contributed by atoms with Crippen LogP contribution in [0.5, 0.6) is 0 Å². The van der Waals surface area contributed by atoms with E-state index in [1.807, 2.05) is 0 Å². The molecule has 10 heteroatoms. The van der Waals surface area contributed by atoms with Crippen LogP contribution >= 0.6 is 22.9 Å². The Bertz CT molecular complexity index is 1000. The average Bonchev–Trinajstić information content (AvgIpc) is 3.17. The lowest BCUT2D eigenvalue weighted by Gasteiger charge is -2.32. The number of nitrogens with one attached hydrogen (secondary N) is 1. The van der Waals surface area contributed by atoms with Crippen LogP contribution in [-0.2, 0) is 23.0 Å². The van der Waals surface area contributed by atoms with E-state index < -0.39 is 10.0 Å². The van der Waals surface area contributed by atoms with Crippen LogP contribution in [0.4, 0.5) is 0 Å². The van der Waals surface area contributed by atoms with E-state index in [1.165, 1.54) is 21.1 Å². The molecule has 3 heterocycles. The molecule has 0 radical (unpaired) electrons. The van der Waals surface area contributed by atoms with Crippen molar-refractivity contribution in [1.82, 2.24) is 19.5 Å². The Hall–Kier alpha value is -1.78. The van der Waals surface area contributed by atoms with Gasteiger partial charge in [-0.15, -0.1) is 11.3 Å². The molecule has 2 aromatic rings. The van der Waals surface area contributed by atoms with Crippen molar-refractivity contribution in [2.75, 3.05) is 32.7 Å². The summed E-state index contributed by atoms with van der Waals surface area (Å²) < 4.78 is 26.6. The van der Waals surface area contributed by atoms with Crippen molar-refractivity contribution in [2.45, 2.75) is 13.0 Å². The summed E-state index contributed by atoms with van der Waals surface area (Å²) in [6.45, 7) is 2.89. The van der Waals surface area contributed by atoms with Crippen LogP contribution in [0.15, 0.2) is 29.7 Å². The molecule has 1 aromatic carbocycles. The standard InChI is InChI=1S/C19H21ClN4O3S2/c20-15-3-1-14(2-4-15)6-12-29(26,27)24-10-8-23(9-11-24)19(25)18-22-16-5-7-21-13-17(16)28-18/h1-4,6,12,21H,5,7-11,13H2/b12-6+. The zero-order valence-corrected chi connectivity index (χ0v) is 18.1. The zero-order chi connectivity index (χ0) is 20.4. The third-order valence-electron chi connectivity index (χ3n) is 4.97. The van der Waals surface area contributed by atoms with Gasteiger partial charge in [0.1, 0.15) is 0 Å². The lowest BCUT2D eigenvalue weighted by Crippen LogP contribution is -2.50.